The van der Waals surface area contributed by atoms with Gasteiger partial charge in [-0.05, 0) is 54.8 Å². The van der Waals surface area contributed by atoms with Gasteiger partial charge in [0.2, 0.25) is 0 Å². The largest absolute Gasteiger partial charge is 0.493 e. The minimum atomic E-state index is -0.954. The van der Waals surface area contributed by atoms with Gasteiger partial charge in [0.15, 0.2) is 5.82 Å². The molecule has 8 bridgehead atoms. The quantitative estimate of drug-likeness (QED) is 0.188. The van der Waals surface area contributed by atoms with E-state index in [4.69, 9.17) is 31.5 Å². The highest BCUT2D eigenvalue weighted by Crippen LogP contribution is 2.44. The van der Waals surface area contributed by atoms with Crippen LogP contribution in [-0.4, -0.2) is 46.8 Å². The molecule has 5 heterocycles. The van der Waals surface area contributed by atoms with E-state index in [9.17, 15) is 9.90 Å². The highest BCUT2D eigenvalue weighted by Gasteiger charge is 2.30. The average Bonchev–Trinajstić information content (AvgIpc) is 3.80. The zero-order chi connectivity index (χ0) is 32.2. The van der Waals surface area contributed by atoms with Crippen molar-refractivity contribution in [2.24, 2.45) is 14.1 Å². The first-order chi connectivity index (χ1) is 22.9. The molecule has 0 radical (unpaired) electrons. The van der Waals surface area contributed by atoms with Crippen molar-refractivity contribution in [2.45, 2.75) is 54.4 Å². The first-order valence-electron chi connectivity index (χ1n) is 15.7. The van der Waals surface area contributed by atoms with Crippen molar-refractivity contribution in [3.05, 3.63) is 87.8 Å². The summed E-state index contributed by atoms with van der Waals surface area (Å²) < 4.78 is 12.2. The number of aromatic carboxylic acids is 1. The molecule has 0 fully saturated rings. The lowest BCUT2D eigenvalue weighted by molar-refractivity contribution is 0.0685. The van der Waals surface area contributed by atoms with Crippen molar-refractivity contribution in [2.75, 3.05) is 6.61 Å². The van der Waals surface area contributed by atoms with Crippen LogP contribution in [0.4, 0.5) is 0 Å². The maximum atomic E-state index is 12.8. The minimum absolute atomic E-state index is 0.284. The third-order valence-corrected chi connectivity index (χ3v) is 11.4. The number of carboxylic acid groups (broad SMARTS) is 1. The Balaban J connectivity index is 1.26. The summed E-state index contributed by atoms with van der Waals surface area (Å²) in [5.41, 5.74) is 5.92. The maximum Gasteiger partial charge on any atom is 0.352 e. The molecule has 0 amide bonds. The molecule has 0 aliphatic carbocycles. The van der Waals surface area contributed by atoms with Crippen LogP contribution in [0.2, 0.25) is 5.02 Å². The van der Waals surface area contributed by atoms with E-state index in [2.05, 4.69) is 28.9 Å². The molecular weight excluding hydrogens is 652 g/mol. The van der Waals surface area contributed by atoms with Crippen molar-refractivity contribution in [3.8, 4) is 16.9 Å². The summed E-state index contributed by atoms with van der Waals surface area (Å²) in [6, 6.07) is 16.4. The number of ether oxygens (including phenoxy) is 1. The zero-order valence-corrected chi connectivity index (χ0v) is 28.5. The third-order valence-electron chi connectivity index (χ3n) is 9.14. The van der Waals surface area contributed by atoms with Crippen LogP contribution in [0, 0.1) is 0 Å². The summed E-state index contributed by atoms with van der Waals surface area (Å²) in [5.74, 6) is 3.55. The first-order valence-corrected chi connectivity index (χ1v) is 18.3. The second-order valence-electron chi connectivity index (χ2n) is 12.0. The fourth-order valence-corrected chi connectivity index (χ4v) is 9.07. The molecule has 3 aromatic heterocycles. The number of rotatable bonds is 1. The number of halogens is 1. The lowest BCUT2D eigenvalue weighted by atomic mass is 9.97. The van der Waals surface area contributed by atoms with E-state index < -0.39 is 5.97 Å². The van der Waals surface area contributed by atoms with Crippen LogP contribution in [-0.2, 0) is 50.7 Å². The molecule has 0 atom stereocenters. The first kappa shape index (κ1) is 30.4. The predicted molar refractivity (Wildman–Crippen MR) is 188 cm³/mol. The third kappa shape index (κ3) is 5.38. The van der Waals surface area contributed by atoms with Crippen molar-refractivity contribution in [3.63, 3.8) is 0 Å². The van der Waals surface area contributed by atoms with E-state index in [-0.39, 0.29) is 5.69 Å². The normalized spacial score (nSPS) is 15.4. The van der Waals surface area contributed by atoms with Gasteiger partial charge in [-0.25, -0.2) is 9.78 Å². The summed E-state index contributed by atoms with van der Waals surface area (Å²) in [5, 5.41) is 23.9. The summed E-state index contributed by atoms with van der Waals surface area (Å²) in [6.45, 7) is 1.30. The number of carboxylic acids is 1. The number of hydrogen-bond donors (Lipinski definition) is 1. The van der Waals surface area contributed by atoms with E-state index in [0.717, 1.165) is 91.4 Å². The lowest BCUT2D eigenvalue weighted by Crippen LogP contribution is -2.09. The van der Waals surface area contributed by atoms with Crippen LogP contribution >= 0.6 is 35.1 Å². The van der Waals surface area contributed by atoms with Crippen LogP contribution in [0.15, 0.2) is 53.4 Å². The zero-order valence-electron chi connectivity index (χ0n) is 26.1. The van der Waals surface area contributed by atoms with Crippen molar-refractivity contribution < 1.29 is 14.6 Å². The molecule has 240 valence electrons. The summed E-state index contributed by atoms with van der Waals surface area (Å²) in [7, 11) is 3.78. The number of thioether (sulfide) groups is 2. The standard InChI is InChI=1S/C35H33ClN6O3S2/c1-40-33-24-11-12-25(36)31(33)32-26(38-42-13-5-10-27(32)42)17-46-18-29-37-30(41(2)39-29)19-47-21-15-20-7-3-4-8-22(20)28(16-21)45-14-6-9-23(24)34(40)35(43)44/h3-4,7-8,11-12,15-16H,5-6,9-10,13-14,17-19H2,1-2H3,(H,43,44). The average molecular weight is 685 g/mol. The van der Waals surface area contributed by atoms with Crippen molar-refractivity contribution >= 4 is 62.8 Å². The highest BCUT2D eigenvalue weighted by molar-refractivity contribution is 7.98. The summed E-state index contributed by atoms with van der Waals surface area (Å²) in [6.07, 6.45) is 3.12. The van der Waals surface area contributed by atoms with Crippen molar-refractivity contribution in [1.82, 2.24) is 29.1 Å². The number of benzene rings is 3. The Morgan fingerprint density at radius 2 is 1.85 bits per heavy atom. The van der Waals surface area contributed by atoms with Gasteiger partial charge in [0.25, 0.3) is 0 Å². The number of fused-ring (bicyclic) bond motifs is 10. The minimum Gasteiger partial charge on any atom is -0.493 e. The van der Waals surface area contributed by atoms with Gasteiger partial charge in [0, 0.05) is 58.9 Å². The number of carbonyl (C=O) groups is 1. The van der Waals surface area contributed by atoms with Crippen LogP contribution in [0.3, 0.4) is 0 Å². The summed E-state index contributed by atoms with van der Waals surface area (Å²) in [4.78, 5) is 18.8. The number of aromatic nitrogens is 6. The van der Waals surface area contributed by atoms with Crippen LogP contribution in [0.5, 0.6) is 5.75 Å². The highest BCUT2D eigenvalue weighted by atomic mass is 35.5. The molecule has 9 nitrogen and oxygen atoms in total. The molecule has 0 unspecified atom stereocenters. The second kappa shape index (κ2) is 12.3. The van der Waals surface area contributed by atoms with Gasteiger partial charge >= 0.3 is 5.97 Å². The molecule has 0 spiro atoms. The number of hydrogen-bond acceptors (Lipinski definition) is 7. The molecular formula is C35H33ClN6O3S2. The molecule has 12 heteroatoms. The van der Waals surface area contributed by atoms with Crippen molar-refractivity contribution in [1.29, 1.82) is 0 Å². The van der Waals surface area contributed by atoms with E-state index >= 15 is 0 Å². The van der Waals surface area contributed by atoms with Gasteiger partial charge in [-0.1, -0.05) is 41.9 Å². The fraction of sp³-hybridized carbons (Fsp3) is 0.314. The van der Waals surface area contributed by atoms with Gasteiger partial charge < -0.3 is 14.4 Å². The van der Waals surface area contributed by atoms with Gasteiger partial charge in [0.1, 0.15) is 17.3 Å². The molecule has 47 heavy (non-hydrogen) atoms. The Morgan fingerprint density at radius 3 is 2.72 bits per heavy atom. The lowest BCUT2D eigenvalue weighted by Gasteiger charge is -2.12. The van der Waals surface area contributed by atoms with Gasteiger partial charge in [0.05, 0.1) is 34.3 Å². The number of aryl methyl sites for hydroxylation is 4. The van der Waals surface area contributed by atoms with Crippen LogP contribution in [0.25, 0.3) is 32.8 Å². The smallest absolute Gasteiger partial charge is 0.352 e. The molecule has 2 aliphatic heterocycles. The molecule has 6 aromatic rings. The maximum absolute atomic E-state index is 12.8. The fourth-order valence-electron chi connectivity index (χ4n) is 7.07. The van der Waals surface area contributed by atoms with Gasteiger partial charge in [-0.3, -0.25) is 9.36 Å². The van der Waals surface area contributed by atoms with Crippen LogP contribution in [0.1, 0.15) is 51.9 Å². The molecule has 2 aliphatic rings. The van der Waals surface area contributed by atoms with Crippen LogP contribution < -0.4 is 4.74 Å². The Morgan fingerprint density at radius 1 is 0.979 bits per heavy atom. The monoisotopic (exact) mass is 684 g/mol. The molecule has 0 saturated carbocycles. The second-order valence-corrected chi connectivity index (χ2v) is 14.5. The molecule has 1 N–H and O–H groups in total. The Labute approximate surface area is 285 Å². The van der Waals surface area contributed by atoms with E-state index in [1.807, 2.05) is 47.6 Å². The Hall–Kier alpha value is -3.93. The molecule has 0 saturated heterocycles. The Kier molecular flexibility index (Phi) is 7.93. The van der Waals surface area contributed by atoms with Gasteiger partial charge in [-0.15, -0.1) is 23.5 Å². The summed E-state index contributed by atoms with van der Waals surface area (Å²) >= 11 is 10.5. The van der Waals surface area contributed by atoms with Gasteiger partial charge in [-0.2, -0.15) is 10.2 Å². The van der Waals surface area contributed by atoms with E-state index in [1.54, 1.807) is 23.5 Å². The van der Waals surface area contributed by atoms with E-state index in [0.29, 0.717) is 41.7 Å². The number of nitrogens with zero attached hydrogens (tertiary/aromatic N) is 6. The topological polar surface area (TPSA) is 100.0 Å². The SMILES string of the molecule is Cn1nc2nc1CSc1cc(c3ccccc3c1)OCCCc1c(C(=O)O)n(C)c3c(c(Cl)ccc13)-c1c(nn3c1CCC3)CSC2. The van der Waals surface area contributed by atoms with E-state index in [1.165, 1.54) is 0 Å². The molecule has 3 aromatic carbocycles. The predicted octanol–water partition coefficient (Wildman–Crippen LogP) is 7.67. The Bertz CT molecular complexity index is 2200. The molecule has 8 rings (SSSR count).